The van der Waals surface area contributed by atoms with Crippen LogP contribution >= 0.6 is 0 Å². The van der Waals surface area contributed by atoms with Gasteiger partial charge in [-0.15, -0.1) is 0 Å². The van der Waals surface area contributed by atoms with Crippen molar-refractivity contribution in [3.63, 3.8) is 0 Å². The molecule has 2 aromatic rings. The summed E-state index contributed by atoms with van der Waals surface area (Å²) in [4.78, 5) is 9.11. The minimum absolute atomic E-state index is 0.0634. The maximum atomic E-state index is 5.06. The van der Waals surface area contributed by atoms with Gasteiger partial charge in [-0.1, -0.05) is 30.3 Å². The molecule has 1 aromatic carbocycles. The molecule has 0 aliphatic heterocycles. The Kier molecular flexibility index (Phi) is 5.33. The SMILES string of the molecule is COCCNc1nc(NC(C)(C)C)cc(-c2ccccc2)n1. The van der Waals surface area contributed by atoms with Gasteiger partial charge in [0.1, 0.15) is 5.82 Å². The molecule has 2 rings (SSSR count). The Morgan fingerprint density at radius 3 is 2.45 bits per heavy atom. The molecule has 5 heteroatoms. The number of aromatic nitrogens is 2. The topological polar surface area (TPSA) is 59.1 Å². The molecule has 1 aromatic heterocycles. The van der Waals surface area contributed by atoms with Gasteiger partial charge in [-0.05, 0) is 20.8 Å². The third kappa shape index (κ3) is 5.00. The predicted molar refractivity (Wildman–Crippen MR) is 91.2 cm³/mol. The van der Waals surface area contributed by atoms with Gasteiger partial charge in [0.2, 0.25) is 5.95 Å². The van der Waals surface area contributed by atoms with Gasteiger partial charge in [-0.3, -0.25) is 0 Å². The van der Waals surface area contributed by atoms with Crippen LogP contribution in [0.2, 0.25) is 0 Å². The fraction of sp³-hybridized carbons (Fsp3) is 0.412. The number of nitrogens with one attached hydrogen (secondary N) is 2. The second-order valence-electron chi connectivity index (χ2n) is 6.12. The summed E-state index contributed by atoms with van der Waals surface area (Å²) < 4.78 is 5.06. The lowest BCUT2D eigenvalue weighted by Crippen LogP contribution is -2.27. The average molecular weight is 300 g/mol. The van der Waals surface area contributed by atoms with Crippen molar-refractivity contribution in [1.82, 2.24) is 9.97 Å². The first-order chi connectivity index (χ1) is 10.5. The lowest BCUT2D eigenvalue weighted by Gasteiger charge is -2.22. The summed E-state index contributed by atoms with van der Waals surface area (Å²) in [6.07, 6.45) is 0. The summed E-state index contributed by atoms with van der Waals surface area (Å²) >= 11 is 0. The monoisotopic (exact) mass is 300 g/mol. The molecule has 0 aliphatic rings. The molecule has 2 N–H and O–H groups in total. The second kappa shape index (κ2) is 7.22. The maximum Gasteiger partial charge on any atom is 0.225 e. The third-order valence-corrected chi connectivity index (χ3v) is 2.89. The molecule has 118 valence electrons. The van der Waals surface area contributed by atoms with Crippen LogP contribution in [-0.4, -0.2) is 35.8 Å². The summed E-state index contributed by atoms with van der Waals surface area (Å²) in [7, 11) is 1.68. The molecule has 5 nitrogen and oxygen atoms in total. The van der Waals surface area contributed by atoms with E-state index in [1.807, 2.05) is 36.4 Å². The number of anilines is 2. The average Bonchev–Trinajstić information content (AvgIpc) is 2.46. The fourth-order valence-electron chi connectivity index (χ4n) is 2.00. The van der Waals surface area contributed by atoms with Crippen molar-refractivity contribution in [2.45, 2.75) is 26.3 Å². The Morgan fingerprint density at radius 1 is 1.09 bits per heavy atom. The van der Waals surface area contributed by atoms with Crippen LogP contribution < -0.4 is 10.6 Å². The van der Waals surface area contributed by atoms with Crippen LogP contribution in [0.5, 0.6) is 0 Å². The Labute approximate surface area is 132 Å². The van der Waals surface area contributed by atoms with Gasteiger partial charge >= 0.3 is 0 Å². The van der Waals surface area contributed by atoms with Crippen LogP contribution in [0.25, 0.3) is 11.3 Å². The minimum atomic E-state index is -0.0634. The van der Waals surface area contributed by atoms with Gasteiger partial charge in [-0.25, -0.2) is 4.98 Å². The summed E-state index contributed by atoms with van der Waals surface area (Å²) in [6, 6.07) is 12.1. The molecule has 0 atom stereocenters. The smallest absolute Gasteiger partial charge is 0.225 e. The summed E-state index contributed by atoms with van der Waals surface area (Å²) in [5.41, 5.74) is 1.89. The van der Waals surface area contributed by atoms with E-state index in [-0.39, 0.29) is 5.54 Å². The predicted octanol–water partition coefficient (Wildman–Crippen LogP) is 3.41. The zero-order valence-corrected chi connectivity index (χ0v) is 13.7. The summed E-state index contributed by atoms with van der Waals surface area (Å²) in [5, 5.41) is 6.59. The van der Waals surface area contributed by atoms with Crippen molar-refractivity contribution in [2.75, 3.05) is 30.9 Å². The number of benzene rings is 1. The van der Waals surface area contributed by atoms with Crippen molar-refractivity contribution in [3.8, 4) is 11.3 Å². The van der Waals surface area contributed by atoms with Gasteiger partial charge in [0.25, 0.3) is 0 Å². The number of hydrogen-bond donors (Lipinski definition) is 2. The van der Waals surface area contributed by atoms with Crippen molar-refractivity contribution < 1.29 is 4.74 Å². The van der Waals surface area contributed by atoms with Crippen LogP contribution in [0.4, 0.5) is 11.8 Å². The first-order valence-corrected chi connectivity index (χ1v) is 7.43. The lowest BCUT2D eigenvalue weighted by molar-refractivity contribution is 0.210. The highest BCUT2D eigenvalue weighted by atomic mass is 16.5. The van der Waals surface area contributed by atoms with Crippen LogP contribution in [0.15, 0.2) is 36.4 Å². The van der Waals surface area contributed by atoms with Crippen LogP contribution in [-0.2, 0) is 4.74 Å². The van der Waals surface area contributed by atoms with E-state index in [2.05, 4.69) is 41.4 Å². The van der Waals surface area contributed by atoms with E-state index < -0.39 is 0 Å². The Morgan fingerprint density at radius 2 is 1.82 bits per heavy atom. The number of hydrogen-bond acceptors (Lipinski definition) is 5. The van der Waals surface area contributed by atoms with Crippen LogP contribution in [0.3, 0.4) is 0 Å². The highest BCUT2D eigenvalue weighted by Gasteiger charge is 2.13. The van der Waals surface area contributed by atoms with E-state index >= 15 is 0 Å². The number of rotatable bonds is 6. The molecule has 22 heavy (non-hydrogen) atoms. The quantitative estimate of drug-likeness (QED) is 0.801. The largest absolute Gasteiger partial charge is 0.383 e. The zero-order valence-electron chi connectivity index (χ0n) is 13.7. The Hall–Kier alpha value is -2.14. The van der Waals surface area contributed by atoms with E-state index in [0.717, 1.165) is 17.1 Å². The first kappa shape index (κ1) is 16.2. The molecular weight excluding hydrogens is 276 g/mol. The summed E-state index contributed by atoms with van der Waals surface area (Å²) in [6.45, 7) is 7.60. The van der Waals surface area contributed by atoms with Crippen molar-refractivity contribution >= 4 is 11.8 Å². The van der Waals surface area contributed by atoms with Gasteiger partial charge in [0.15, 0.2) is 0 Å². The Bertz CT molecular complexity index is 593. The van der Waals surface area contributed by atoms with E-state index in [9.17, 15) is 0 Å². The minimum Gasteiger partial charge on any atom is -0.383 e. The number of ether oxygens (including phenoxy) is 1. The van der Waals surface area contributed by atoms with Crippen molar-refractivity contribution in [2.24, 2.45) is 0 Å². The Balaban J connectivity index is 2.31. The molecular formula is C17H24N4O. The van der Waals surface area contributed by atoms with Crippen molar-refractivity contribution in [3.05, 3.63) is 36.4 Å². The van der Waals surface area contributed by atoms with Crippen LogP contribution in [0.1, 0.15) is 20.8 Å². The van der Waals surface area contributed by atoms with E-state index in [1.54, 1.807) is 7.11 Å². The zero-order chi connectivity index (χ0) is 16.0. The molecule has 0 fully saturated rings. The van der Waals surface area contributed by atoms with Gasteiger partial charge in [-0.2, -0.15) is 4.98 Å². The van der Waals surface area contributed by atoms with E-state index in [4.69, 9.17) is 4.74 Å². The number of nitrogens with zero attached hydrogens (tertiary/aromatic N) is 2. The molecule has 0 unspecified atom stereocenters. The molecule has 0 amide bonds. The molecule has 1 heterocycles. The van der Waals surface area contributed by atoms with Gasteiger partial charge in [0, 0.05) is 30.8 Å². The second-order valence-corrected chi connectivity index (χ2v) is 6.12. The fourth-order valence-corrected chi connectivity index (χ4v) is 2.00. The highest BCUT2D eigenvalue weighted by molar-refractivity contribution is 5.64. The normalized spacial score (nSPS) is 11.3. The molecule has 0 saturated heterocycles. The van der Waals surface area contributed by atoms with Gasteiger partial charge < -0.3 is 15.4 Å². The first-order valence-electron chi connectivity index (χ1n) is 7.43. The maximum absolute atomic E-state index is 5.06. The third-order valence-electron chi connectivity index (χ3n) is 2.89. The van der Waals surface area contributed by atoms with Gasteiger partial charge in [0.05, 0.1) is 12.3 Å². The van der Waals surface area contributed by atoms with Crippen LogP contribution in [0, 0.1) is 0 Å². The van der Waals surface area contributed by atoms with E-state index in [1.165, 1.54) is 0 Å². The van der Waals surface area contributed by atoms with E-state index in [0.29, 0.717) is 19.1 Å². The molecule has 0 saturated carbocycles. The van der Waals surface area contributed by atoms with Crippen molar-refractivity contribution in [1.29, 1.82) is 0 Å². The molecule has 0 spiro atoms. The molecule has 0 aliphatic carbocycles. The number of methoxy groups -OCH3 is 1. The molecule has 0 bridgehead atoms. The molecule has 0 radical (unpaired) electrons. The highest BCUT2D eigenvalue weighted by Crippen LogP contribution is 2.22. The summed E-state index contributed by atoms with van der Waals surface area (Å²) in [5.74, 6) is 1.41. The lowest BCUT2D eigenvalue weighted by atomic mass is 10.1. The standard InChI is InChI=1S/C17H24N4O/c1-17(2,3)21-15-12-14(13-8-6-5-7-9-13)19-16(20-15)18-10-11-22-4/h5-9,12H,10-11H2,1-4H3,(H2,18,19,20,21).